The number of aryl methyl sites for hydroxylation is 1. The van der Waals surface area contributed by atoms with Crippen molar-refractivity contribution in [1.82, 2.24) is 15.2 Å². The fourth-order valence-corrected chi connectivity index (χ4v) is 2.70. The van der Waals surface area contributed by atoms with E-state index in [4.69, 9.17) is 0 Å². The minimum Gasteiger partial charge on any atom is -0.356 e. The summed E-state index contributed by atoms with van der Waals surface area (Å²) in [6.07, 6.45) is -1.12. The SMILES string of the molecule is O=C(NCCCc1ccccn1)C1CCN(C(=O)C(F)(F)F)CC1. The molecule has 5 nitrogen and oxygen atoms in total. The molecule has 0 radical (unpaired) electrons. The molecule has 0 atom stereocenters. The molecule has 1 aliphatic rings. The third-order valence-electron chi connectivity index (χ3n) is 4.03. The van der Waals surface area contributed by atoms with Crippen molar-refractivity contribution in [2.24, 2.45) is 5.92 Å². The zero-order chi connectivity index (χ0) is 17.6. The smallest absolute Gasteiger partial charge is 0.356 e. The standard InChI is InChI=1S/C16H20F3N3O2/c17-16(18,19)15(24)22-10-6-12(7-11-22)14(23)21-9-3-5-13-4-1-2-8-20-13/h1-2,4,8,12H,3,5-7,9-11H2,(H,21,23). The number of hydrogen-bond acceptors (Lipinski definition) is 3. The van der Waals surface area contributed by atoms with Gasteiger partial charge in [-0.3, -0.25) is 14.6 Å². The Labute approximate surface area is 138 Å². The summed E-state index contributed by atoms with van der Waals surface area (Å²) in [7, 11) is 0. The van der Waals surface area contributed by atoms with Crippen molar-refractivity contribution in [1.29, 1.82) is 0 Å². The van der Waals surface area contributed by atoms with Crippen LogP contribution in [0.25, 0.3) is 0 Å². The summed E-state index contributed by atoms with van der Waals surface area (Å²) < 4.78 is 37.1. The Morgan fingerprint density at radius 2 is 1.96 bits per heavy atom. The van der Waals surface area contributed by atoms with Gasteiger partial charge in [0, 0.05) is 37.4 Å². The molecule has 2 amide bonds. The van der Waals surface area contributed by atoms with Gasteiger partial charge in [0.15, 0.2) is 0 Å². The van der Waals surface area contributed by atoms with Gasteiger partial charge in [-0.2, -0.15) is 13.2 Å². The molecule has 1 fully saturated rings. The highest BCUT2D eigenvalue weighted by Crippen LogP contribution is 2.23. The molecule has 1 aromatic rings. The van der Waals surface area contributed by atoms with Crippen LogP contribution in [0.2, 0.25) is 0 Å². The number of amides is 2. The largest absolute Gasteiger partial charge is 0.471 e. The van der Waals surface area contributed by atoms with Crippen molar-refractivity contribution in [3.05, 3.63) is 30.1 Å². The van der Waals surface area contributed by atoms with Crippen molar-refractivity contribution in [2.75, 3.05) is 19.6 Å². The van der Waals surface area contributed by atoms with Gasteiger partial charge in [0.2, 0.25) is 5.91 Å². The summed E-state index contributed by atoms with van der Waals surface area (Å²) in [5.74, 6) is -2.32. The summed E-state index contributed by atoms with van der Waals surface area (Å²) in [4.78, 5) is 28.1. The van der Waals surface area contributed by atoms with E-state index in [1.54, 1.807) is 6.20 Å². The van der Waals surface area contributed by atoms with E-state index in [2.05, 4.69) is 10.3 Å². The number of nitrogens with zero attached hydrogens (tertiary/aromatic N) is 2. The number of carbonyl (C=O) groups is 2. The van der Waals surface area contributed by atoms with Crippen LogP contribution in [0.3, 0.4) is 0 Å². The van der Waals surface area contributed by atoms with E-state index in [9.17, 15) is 22.8 Å². The van der Waals surface area contributed by atoms with Crippen molar-refractivity contribution in [2.45, 2.75) is 31.9 Å². The molecule has 132 valence electrons. The summed E-state index contributed by atoms with van der Waals surface area (Å²) in [6.45, 7) is 0.422. The lowest BCUT2D eigenvalue weighted by atomic mass is 9.95. The van der Waals surface area contributed by atoms with Crippen molar-refractivity contribution < 1.29 is 22.8 Å². The van der Waals surface area contributed by atoms with Crippen LogP contribution in [-0.2, 0) is 16.0 Å². The van der Waals surface area contributed by atoms with Crippen LogP contribution in [0, 0.1) is 5.92 Å². The number of likely N-dealkylation sites (tertiary alicyclic amines) is 1. The first-order chi connectivity index (χ1) is 11.4. The second kappa shape index (κ2) is 8.12. The number of aromatic nitrogens is 1. The van der Waals surface area contributed by atoms with E-state index >= 15 is 0 Å². The molecule has 0 aliphatic carbocycles. The van der Waals surface area contributed by atoms with Crippen LogP contribution in [0.15, 0.2) is 24.4 Å². The molecule has 1 N–H and O–H groups in total. The lowest BCUT2D eigenvalue weighted by molar-refractivity contribution is -0.186. The molecule has 24 heavy (non-hydrogen) atoms. The minimum absolute atomic E-state index is 0.0373. The molecule has 2 heterocycles. The van der Waals surface area contributed by atoms with Gasteiger partial charge in [-0.25, -0.2) is 0 Å². The Hall–Kier alpha value is -2.12. The number of pyridine rings is 1. The quantitative estimate of drug-likeness (QED) is 0.831. The molecule has 0 bridgehead atoms. The number of alkyl halides is 3. The van der Waals surface area contributed by atoms with E-state index in [0.717, 1.165) is 23.4 Å². The maximum atomic E-state index is 12.4. The Morgan fingerprint density at radius 1 is 1.25 bits per heavy atom. The number of halogens is 3. The molecule has 1 aliphatic heterocycles. The maximum Gasteiger partial charge on any atom is 0.471 e. The molecule has 2 rings (SSSR count). The zero-order valence-electron chi connectivity index (χ0n) is 13.2. The lowest BCUT2D eigenvalue weighted by Crippen LogP contribution is -2.47. The van der Waals surface area contributed by atoms with E-state index in [-0.39, 0.29) is 37.8 Å². The lowest BCUT2D eigenvalue weighted by Gasteiger charge is -2.31. The Kier molecular flexibility index (Phi) is 6.16. The number of hydrogen-bond donors (Lipinski definition) is 1. The fraction of sp³-hybridized carbons (Fsp3) is 0.562. The maximum absolute atomic E-state index is 12.4. The molecule has 0 spiro atoms. The van der Waals surface area contributed by atoms with E-state index < -0.39 is 12.1 Å². The molecule has 0 saturated carbocycles. The topological polar surface area (TPSA) is 62.3 Å². The molecular formula is C16H20F3N3O2. The molecule has 0 unspecified atom stereocenters. The molecule has 8 heteroatoms. The van der Waals surface area contributed by atoms with Gasteiger partial charge >= 0.3 is 12.1 Å². The Morgan fingerprint density at radius 3 is 2.54 bits per heavy atom. The second-order valence-corrected chi connectivity index (χ2v) is 5.78. The molecule has 1 aromatic heterocycles. The van der Waals surface area contributed by atoms with Crippen LogP contribution in [0.4, 0.5) is 13.2 Å². The fourth-order valence-electron chi connectivity index (χ4n) is 2.70. The highest BCUT2D eigenvalue weighted by molar-refractivity contribution is 5.83. The predicted octanol–water partition coefficient (Wildman–Crippen LogP) is 1.93. The summed E-state index contributed by atoms with van der Waals surface area (Å²) in [5.41, 5.74) is 0.950. The van der Waals surface area contributed by atoms with Crippen LogP contribution in [-0.4, -0.2) is 47.5 Å². The summed E-state index contributed by atoms with van der Waals surface area (Å²) in [5, 5.41) is 2.80. The van der Waals surface area contributed by atoms with Crippen molar-refractivity contribution >= 4 is 11.8 Å². The average Bonchev–Trinajstić information content (AvgIpc) is 2.58. The van der Waals surface area contributed by atoms with E-state index in [1.165, 1.54) is 0 Å². The Bertz CT molecular complexity index is 555. The number of carbonyl (C=O) groups excluding carboxylic acids is 2. The van der Waals surface area contributed by atoms with Crippen LogP contribution >= 0.6 is 0 Å². The van der Waals surface area contributed by atoms with Gasteiger partial charge in [-0.1, -0.05) is 6.07 Å². The minimum atomic E-state index is -4.85. The zero-order valence-corrected chi connectivity index (χ0v) is 13.2. The molecular weight excluding hydrogens is 323 g/mol. The van der Waals surface area contributed by atoms with E-state index in [1.807, 2.05) is 18.2 Å². The van der Waals surface area contributed by atoms with Crippen molar-refractivity contribution in [3.8, 4) is 0 Å². The van der Waals surface area contributed by atoms with Gasteiger partial charge in [-0.15, -0.1) is 0 Å². The average molecular weight is 343 g/mol. The molecule has 0 aromatic carbocycles. The predicted molar refractivity (Wildman–Crippen MR) is 80.9 cm³/mol. The van der Waals surface area contributed by atoms with Crippen molar-refractivity contribution in [3.63, 3.8) is 0 Å². The third kappa shape index (κ3) is 5.21. The van der Waals surface area contributed by atoms with Gasteiger partial charge < -0.3 is 10.2 Å². The van der Waals surface area contributed by atoms with Crippen LogP contribution in [0.5, 0.6) is 0 Å². The first kappa shape index (κ1) is 18.2. The normalized spacial score (nSPS) is 16.0. The molecule has 1 saturated heterocycles. The van der Waals surface area contributed by atoms with Gasteiger partial charge in [-0.05, 0) is 37.8 Å². The highest BCUT2D eigenvalue weighted by atomic mass is 19.4. The third-order valence-corrected chi connectivity index (χ3v) is 4.03. The van der Waals surface area contributed by atoms with Gasteiger partial charge in [0.05, 0.1) is 0 Å². The summed E-state index contributed by atoms with van der Waals surface area (Å²) in [6, 6.07) is 5.65. The number of piperidine rings is 1. The van der Waals surface area contributed by atoms with E-state index in [0.29, 0.717) is 6.54 Å². The highest BCUT2D eigenvalue weighted by Gasteiger charge is 2.43. The number of rotatable bonds is 5. The first-order valence-electron chi connectivity index (χ1n) is 7.91. The number of nitrogens with one attached hydrogen (secondary N) is 1. The summed E-state index contributed by atoms with van der Waals surface area (Å²) >= 11 is 0. The van der Waals surface area contributed by atoms with Crippen LogP contribution < -0.4 is 5.32 Å². The van der Waals surface area contributed by atoms with Gasteiger partial charge in [0.1, 0.15) is 0 Å². The Balaban J connectivity index is 1.67. The second-order valence-electron chi connectivity index (χ2n) is 5.78. The van der Waals surface area contributed by atoms with Crippen LogP contribution in [0.1, 0.15) is 25.0 Å². The van der Waals surface area contributed by atoms with Gasteiger partial charge in [0.25, 0.3) is 0 Å². The monoisotopic (exact) mass is 343 g/mol. The first-order valence-corrected chi connectivity index (χ1v) is 7.91.